The summed E-state index contributed by atoms with van der Waals surface area (Å²) in [5, 5.41) is 8.34. The molecule has 1 aromatic rings. The summed E-state index contributed by atoms with van der Waals surface area (Å²) in [7, 11) is 0. The fourth-order valence-corrected chi connectivity index (χ4v) is 1.06. The van der Waals surface area contributed by atoms with E-state index >= 15 is 0 Å². The molecular weight excluding hydrogens is 216 g/mol. The van der Waals surface area contributed by atoms with E-state index in [1.165, 1.54) is 6.08 Å². The molecule has 0 aliphatic rings. The number of hydrogen-bond donors (Lipinski definition) is 1. The van der Waals surface area contributed by atoms with Crippen LogP contribution in [0.1, 0.15) is 5.56 Å². The summed E-state index contributed by atoms with van der Waals surface area (Å²) in [6.45, 7) is 0. The highest BCUT2D eigenvalue weighted by Gasteiger charge is 1.94. The number of nitrogens with two attached hydrogens (primary N) is 1. The quantitative estimate of drug-likeness (QED) is 0.742. The minimum absolute atomic E-state index is 0.491. The molecule has 0 amide bonds. The van der Waals surface area contributed by atoms with Crippen molar-refractivity contribution < 1.29 is 0 Å². The predicted octanol–water partition coefficient (Wildman–Crippen LogP) is 2.27. The zero-order valence-corrected chi connectivity index (χ0v) is 7.88. The molecule has 12 heavy (non-hydrogen) atoms. The number of halogens is 1. The third-order valence-corrected chi connectivity index (χ3v) is 1.93. The van der Waals surface area contributed by atoms with Crippen LogP contribution in [0, 0.1) is 11.3 Å². The summed E-state index contributed by atoms with van der Waals surface area (Å²) in [5.74, 6) is 0. The van der Waals surface area contributed by atoms with Crippen LogP contribution in [0.4, 0.5) is 0 Å². The molecular formula is C9H7BrN2. The van der Waals surface area contributed by atoms with E-state index in [9.17, 15) is 0 Å². The number of nitrogens with zero attached hydrogens (tertiary/aromatic N) is 1. The Morgan fingerprint density at radius 2 is 2.00 bits per heavy atom. The first-order valence-electron chi connectivity index (χ1n) is 3.35. The predicted molar refractivity (Wildman–Crippen MR) is 51.9 cm³/mol. The number of rotatable bonds is 1. The summed E-state index contributed by atoms with van der Waals surface area (Å²) >= 11 is 3.31. The monoisotopic (exact) mass is 222 g/mol. The molecule has 0 atom stereocenters. The van der Waals surface area contributed by atoms with E-state index in [1.807, 2.05) is 30.3 Å². The molecule has 3 heteroatoms. The molecule has 0 spiro atoms. The Labute approximate surface area is 79.4 Å². The van der Waals surface area contributed by atoms with Crippen LogP contribution in [0.3, 0.4) is 0 Å². The maximum Gasteiger partial charge on any atom is 0.0933 e. The molecule has 0 aliphatic heterocycles. The standard InChI is InChI=1S/C9H7BrN2/c10-8-3-1-7(2-4-8)9(12)5-6-11/h1-5H,12H2/b9-5-. The van der Waals surface area contributed by atoms with E-state index < -0.39 is 0 Å². The molecule has 1 rings (SSSR count). The van der Waals surface area contributed by atoms with Gasteiger partial charge in [-0.05, 0) is 17.7 Å². The van der Waals surface area contributed by atoms with Crippen LogP contribution in [0.15, 0.2) is 34.8 Å². The van der Waals surface area contributed by atoms with Crippen molar-refractivity contribution in [2.45, 2.75) is 0 Å². The van der Waals surface area contributed by atoms with Gasteiger partial charge in [0.15, 0.2) is 0 Å². The third kappa shape index (κ3) is 2.11. The summed E-state index contributed by atoms with van der Waals surface area (Å²) in [6.07, 6.45) is 1.32. The molecule has 0 aliphatic carbocycles. The molecule has 0 heterocycles. The van der Waals surface area contributed by atoms with Crippen LogP contribution in [0.2, 0.25) is 0 Å². The Morgan fingerprint density at radius 3 is 2.50 bits per heavy atom. The van der Waals surface area contributed by atoms with Gasteiger partial charge in [-0.3, -0.25) is 0 Å². The van der Waals surface area contributed by atoms with Gasteiger partial charge in [-0.15, -0.1) is 0 Å². The molecule has 0 saturated heterocycles. The van der Waals surface area contributed by atoms with Crippen molar-refractivity contribution in [2.75, 3.05) is 0 Å². The normalized spacial score (nSPS) is 10.8. The Hall–Kier alpha value is -1.27. The zero-order chi connectivity index (χ0) is 8.97. The lowest BCUT2D eigenvalue weighted by atomic mass is 10.1. The van der Waals surface area contributed by atoms with E-state index in [0.717, 1.165) is 10.0 Å². The van der Waals surface area contributed by atoms with Gasteiger partial charge in [-0.25, -0.2) is 0 Å². The number of nitriles is 1. The lowest BCUT2D eigenvalue weighted by Gasteiger charge is -1.98. The van der Waals surface area contributed by atoms with Crippen LogP contribution in [-0.2, 0) is 0 Å². The van der Waals surface area contributed by atoms with Gasteiger partial charge in [-0.1, -0.05) is 28.1 Å². The molecule has 1 aromatic carbocycles. The first-order chi connectivity index (χ1) is 5.74. The highest BCUT2D eigenvalue weighted by atomic mass is 79.9. The van der Waals surface area contributed by atoms with E-state index in [2.05, 4.69) is 15.9 Å². The molecule has 0 bridgehead atoms. The van der Waals surface area contributed by atoms with Gasteiger partial charge < -0.3 is 5.73 Å². The highest BCUT2D eigenvalue weighted by molar-refractivity contribution is 9.10. The van der Waals surface area contributed by atoms with Gasteiger partial charge in [0, 0.05) is 16.2 Å². The van der Waals surface area contributed by atoms with Crippen LogP contribution in [0.25, 0.3) is 5.70 Å². The van der Waals surface area contributed by atoms with Crippen LogP contribution < -0.4 is 5.73 Å². The molecule has 0 unspecified atom stereocenters. The number of hydrogen-bond acceptors (Lipinski definition) is 2. The summed E-state index contributed by atoms with van der Waals surface area (Å²) in [5.41, 5.74) is 6.93. The number of allylic oxidation sites excluding steroid dienone is 1. The fraction of sp³-hybridized carbons (Fsp3) is 0. The first kappa shape index (κ1) is 8.82. The van der Waals surface area contributed by atoms with E-state index in [4.69, 9.17) is 11.0 Å². The third-order valence-electron chi connectivity index (χ3n) is 1.40. The Morgan fingerprint density at radius 1 is 1.42 bits per heavy atom. The van der Waals surface area contributed by atoms with Crippen molar-refractivity contribution in [1.29, 1.82) is 5.26 Å². The number of benzene rings is 1. The second kappa shape index (κ2) is 3.93. The Kier molecular flexibility index (Phi) is 2.89. The summed E-state index contributed by atoms with van der Waals surface area (Å²) in [6, 6.07) is 9.36. The maximum atomic E-state index is 8.34. The minimum atomic E-state index is 0.491. The topological polar surface area (TPSA) is 49.8 Å². The van der Waals surface area contributed by atoms with Crippen molar-refractivity contribution in [3.05, 3.63) is 40.4 Å². The van der Waals surface area contributed by atoms with E-state index in [1.54, 1.807) is 0 Å². The van der Waals surface area contributed by atoms with E-state index in [0.29, 0.717) is 5.70 Å². The van der Waals surface area contributed by atoms with Crippen LogP contribution >= 0.6 is 15.9 Å². The second-order valence-corrected chi connectivity index (χ2v) is 3.15. The molecule has 0 fully saturated rings. The lowest BCUT2D eigenvalue weighted by Crippen LogP contribution is -1.94. The fourth-order valence-electron chi connectivity index (χ4n) is 0.795. The van der Waals surface area contributed by atoms with E-state index in [-0.39, 0.29) is 0 Å². The summed E-state index contributed by atoms with van der Waals surface area (Å²) < 4.78 is 0.996. The largest absolute Gasteiger partial charge is 0.398 e. The summed E-state index contributed by atoms with van der Waals surface area (Å²) in [4.78, 5) is 0. The maximum absolute atomic E-state index is 8.34. The van der Waals surface area contributed by atoms with Gasteiger partial charge in [0.05, 0.1) is 6.07 Å². The van der Waals surface area contributed by atoms with Gasteiger partial charge in [0.1, 0.15) is 0 Å². The van der Waals surface area contributed by atoms with Gasteiger partial charge in [0.25, 0.3) is 0 Å². The van der Waals surface area contributed by atoms with Crippen molar-refractivity contribution in [3.63, 3.8) is 0 Å². The molecule has 0 aromatic heterocycles. The van der Waals surface area contributed by atoms with Gasteiger partial charge in [0.2, 0.25) is 0 Å². The van der Waals surface area contributed by atoms with Crippen molar-refractivity contribution in [1.82, 2.24) is 0 Å². The molecule has 0 radical (unpaired) electrons. The van der Waals surface area contributed by atoms with Crippen molar-refractivity contribution >= 4 is 21.6 Å². The average molecular weight is 223 g/mol. The zero-order valence-electron chi connectivity index (χ0n) is 6.29. The van der Waals surface area contributed by atoms with Gasteiger partial charge >= 0.3 is 0 Å². The minimum Gasteiger partial charge on any atom is -0.398 e. The van der Waals surface area contributed by atoms with Crippen LogP contribution in [-0.4, -0.2) is 0 Å². The average Bonchev–Trinajstić information content (AvgIpc) is 2.06. The smallest absolute Gasteiger partial charge is 0.0933 e. The highest BCUT2D eigenvalue weighted by Crippen LogP contribution is 2.13. The second-order valence-electron chi connectivity index (χ2n) is 2.24. The Bertz CT molecular complexity index is 333. The van der Waals surface area contributed by atoms with Crippen molar-refractivity contribution in [2.24, 2.45) is 5.73 Å². The Balaban J connectivity index is 2.99. The lowest BCUT2D eigenvalue weighted by molar-refractivity contribution is 1.48. The SMILES string of the molecule is N#C/C=C(\N)c1ccc(Br)cc1. The molecule has 60 valence electrons. The van der Waals surface area contributed by atoms with Gasteiger partial charge in [-0.2, -0.15) is 5.26 Å². The molecule has 0 saturated carbocycles. The van der Waals surface area contributed by atoms with Crippen LogP contribution in [0.5, 0.6) is 0 Å². The van der Waals surface area contributed by atoms with Crippen molar-refractivity contribution in [3.8, 4) is 6.07 Å². The molecule has 2 nitrogen and oxygen atoms in total. The first-order valence-corrected chi connectivity index (χ1v) is 4.14. The molecule has 2 N–H and O–H groups in total.